The van der Waals surface area contributed by atoms with Crippen molar-refractivity contribution in [1.82, 2.24) is 4.98 Å². The predicted octanol–water partition coefficient (Wildman–Crippen LogP) is 1.03. The Labute approximate surface area is 63.8 Å². The van der Waals surface area contributed by atoms with E-state index in [4.69, 9.17) is 0 Å². The Balaban J connectivity index is 2.76. The molecule has 0 atom stereocenters. The fourth-order valence-corrected chi connectivity index (χ4v) is 0.865. The van der Waals surface area contributed by atoms with Crippen molar-refractivity contribution < 1.29 is 22.7 Å². The molecule has 0 fully saturated rings. The lowest BCUT2D eigenvalue weighted by Crippen LogP contribution is -2.26. The lowest BCUT2D eigenvalue weighted by atomic mass is 10.2. The fourth-order valence-electron chi connectivity index (χ4n) is 0.865. The van der Waals surface area contributed by atoms with Crippen LogP contribution < -0.4 is 4.74 Å². The molecule has 1 aromatic rings. The molecule has 3 nitrogen and oxygen atoms in total. The highest BCUT2D eigenvalue weighted by Gasteiger charge is 2.37. The highest BCUT2D eigenvalue weighted by Crippen LogP contribution is 2.33. The molecule has 0 amide bonds. The maximum atomic E-state index is 12.6. The van der Waals surface area contributed by atoms with Gasteiger partial charge in [-0.3, -0.25) is 0 Å². The standard InChI is InChI=1S/C6F3NO2/c7-2-1-3(12-6(1)11)5(9)10-4(2)8. The van der Waals surface area contributed by atoms with Gasteiger partial charge in [0.1, 0.15) is 5.56 Å². The summed E-state index contributed by atoms with van der Waals surface area (Å²) >= 11 is 0. The van der Waals surface area contributed by atoms with Crippen molar-refractivity contribution in [3.63, 3.8) is 0 Å². The Bertz CT molecular complexity index is 371. The summed E-state index contributed by atoms with van der Waals surface area (Å²) in [5, 5.41) is 0. The van der Waals surface area contributed by atoms with Crippen molar-refractivity contribution in [2.24, 2.45) is 0 Å². The molecule has 0 aliphatic carbocycles. The van der Waals surface area contributed by atoms with E-state index in [2.05, 4.69) is 9.72 Å². The van der Waals surface area contributed by atoms with Crippen LogP contribution in [0.3, 0.4) is 0 Å². The van der Waals surface area contributed by atoms with E-state index in [1.807, 2.05) is 0 Å². The molecule has 0 saturated carbocycles. The number of nitrogens with zero attached hydrogens (tertiary/aromatic N) is 1. The molecule has 2 rings (SSSR count). The van der Waals surface area contributed by atoms with E-state index >= 15 is 0 Å². The third-order valence-corrected chi connectivity index (χ3v) is 1.41. The van der Waals surface area contributed by atoms with Crippen LogP contribution in [0.25, 0.3) is 0 Å². The maximum absolute atomic E-state index is 12.6. The van der Waals surface area contributed by atoms with Gasteiger partial charge < -0.3 is 4.74 Å². The van der Waals surface area contributed by atoms with Gasteiger partial charge in [0.05, 0.1) is 0 Å². The van der Waals surface area contributed by atoms with Gasteiger partial charge in [0.15, 0.2) is 5.82 Å². The van der Waals surface area contributed by atoms with Crippen molar-refractivity contribution in [3.8, 4) is 5.75 Å². The van der Waals surface area contributed by atoms with E-state index in [1.54, 1.807) is 0 Å². The smallest absolute Gasteiger partial charge is 0.350 e. The highest BCUT2D eigenvalue weighted by atomic mass is 19.2. The van der Waals surface area contributed by atoms with E-state index < -0.39 is 35.0 Å². The first-order valence-corrected chi connectivity index (χ1v) is 2.88. The molecule has 0 spiro atoms. The summed E-state index contributed by atoms with van der Waals surface area (Å²) in [6, 6.07) is 0. The van der Waals surface area contributed by atoms with Crippen LogP contribution in [0.5, 0.6) is 5.75 Å². The maximum Gasteiger partial charge on any atom is 0.350 e. The number of pyridine rings is 1. The Kier molecular flexibility index (Phi) is 1.16. The third kappa shape index (κ3) is 0.662. The quantitative estimate of drug-likeness (QED) is 0.436. The van der Waals surface area contributed by atoms with E-state index in [-0.39, 0.29) is 0 Å². The van der Waals surface area contributed by atoms with Crippen molar-refractivity contribution in [2.45, 2.75) is 0 Å². The van der Waals surface area contributed by atoms with E-state index in [1.165, 1.54) is 0 Å². The number of fused-ring (bicyclic) bond motifs is 1. The Hall–Kier alpha value is -1.59. The van der Waals surface area contributed by atoms with Crippen molar-refractivity contribution in [1.29, 1.82) is 0 Å². The van der Waals surface area contributed by atoms with Crippen LogP contribution in [-0.4, -0.2) is 11.0 Å². The van der Waals surface area contributed by atoms with E-state index in [0.717, 1.165) is 0 Å². The first-order valence-electron chi connectivity index (χ1n) is 2.88. The summed E-state index contributed by atoms with van der Waals surface area (Å²) in [4.78, 5) is 13.0. The van der Waals surface area contributed by atoms with Crippen LogP contribution in [0, 0.1) is 17.7 Å². The van der Waals surface area contributed by atoms with Crippen LogP contribution >= 0.6 is 0 Å². The number of ether oxygens (including phenoxy) is 1. The minimum atomic E-state index is -1.64. The van der Waals surface area contributed by atoms with E-state index in [0.29, 0.717) is 0 Å². The van der Waals surface area contributed by atoms with Crippen molar-refractivity contribution in [3.05, 3.63) is 23.3 Å². The first-order chi connectivity index (χ1) is 5.61. The van der Waals surface area contributed by atoms with Crippen molar-refractivity contribution >= 4 is 5.97 Å². The van der Waals surface area contributed by atoms with Gasteiger partial charge >= 0.3 is 5.97 Å². The normalized spacial score (nSPS) is 13.4. The molecule has 2 heterocycles. The molecular weight excluding hydrogens is 175 g/mol. The lowest BCUT2D eigenvalue weighted by Gasteiger charge is -2.17. The Morgan fingerprint density at radius 3 is 2.42 bits per heavy atom. The Morgan fingerprint density at radius 2 is 1.83 bits per heavy atom. The second-order valence-electron chi connectivity index (χ2n) is 2.10. The van der Waals surface area contributed by atoms with Gasteiger partial charge in [-0.15, -0.1) is 0 Å². The van der Waals surface area contributed by atoms with Gasteiger partial charge in [-0.25, -0.2) is 9.18 Å². The van der Waals surface area contributed by atoms with Gasteiger partial charge in [0.2, 0.25) is 5.75 Å². The molecule has 0 bridgehead atoms. The van der Waals surface area contributed by atoms with Crippen LogP contribution in [0.4, 0.5) is 13.2 Å². The average Bonchev–Trinajstić information content (AvgIpc) is 1.97. The van der Waals surface area contributed by atoms with Gasteiger partial charge in [-0.05, 0) is 0 Å². The minimum Gasteiger partial charge on any atom is -0.417 e. The lowest BCUT2D eigenvalue weighted by molar-refractivity contribution is 0.0629. The van der Waals surface area contributed by atoms with Crippen molar-refractivity contribution in [2.75, 3.05) is 0 Å². The second-order valence-corrected chi connectivity index (χ2v) is 2.10. The molecule has 62 valence electrons. The Morgan fingerprint density at radius 1 is 1.17 bits per heavy atom. The molecular formula is C6F3NO2. The number of carbonyl (C=O) groups is 1. The summed E-state index contributed by atoms with van der Waals surface area (Å²) < 4.78 is 41.4. The summed E-state index contributed by atoms with van der Waals surface area (Å²) in [7, 11) is 0. The molecule has 0 N–H and O–H groups in total. The molecule has 0 aromatic carbocycles. The van der Waals surface area contributed by atoms with Gasteiger partial charge in [0.25, 0.3) is 11.9 Å². The number of rotatable bonds is 0. The predicted molar refractivity (Wildman–Crippen MR) is 29.1 cm³/mol. The number of hydrogen-bond donors (Lipinski definition) is 0. The fraction of sp³-hybridized carbons (Fsp3) is 0. The average molecular weight is 175 g/mol. The van der Waals surface area contributed by atoms with Gasteiger partial charge in [0, 0.05) is 0 Å². The number of esters is 1. The molecule has 0 radical (unpaired) electrons. The largest absolute Gasteiger partial charge is 0.417 e. The summed E-state index contributed by atoms with van der Waals surface area (Å²) in [6.07, 6.45) is 0. The molecule has 1 aromatic heterocycles. The van der Waals surface area contributed by atoms with E-state index in [9.17, 15) is 18.0 Å². The van der Waals surface area contributed by atoms with Crippen LogP contribution in [0.2, 0.25) is 0 Å². The zero-order valence-corrected chi connectivity index (χ0v) is 5.40. The first kappa shape index (κ1) is 7.08. The summed E-state index contributed by atoms with van der Waals surface area (Å²) in [5.74, 6) is -6.13. The molecule has 0 saturated heterocycles. The SMILES string of the molecule is O=C1Oc2c(F)nc(F)c(F)c21. The molecule has 0 unspecified atom stereocenters. The van der Waals surface area contributed by atoms with Crippen LogP contribution in [-0.2, 0) is 0 Å². The second kappa shape index (κ2) is 1.96. The molecule has 1 aliphatic heterocycles. The number of carbonyl (C=O) groups excluding carboxylic acids is 1. The zero-order valence-electron chi connectivity index (χ0n) is 5.40. The van der Waals surface area contributed by atoms with Gasteiger partial charge in [-0.1, -0.05) is 0 Å². The number of aromatic nitrogens is 1. The molecule has 1 aliphatic rings. The molecule has 12 heavy (non-hydrogen) atoms. The number of halogens is 3. The van der Waals surface area contributed by atoms with Crippen LogP contribution in [0.1, 0.15) is 10.4 Å². The monoisotopic (exact) mass is 175 g/mol. The van der Waals surface area contributed by atoms with Gasteiger partial charge in [-0.2, -0.15) is 13.8 Å². The summed E-state index contributed by atoms with van der Waals surface area (Å²) in [6.45, 7) is 0. The highest BCUT2D eigenvalue weighted by molar-refractivity contribution is 6.01. The zero-order chi connectivity index (χ0) is 8.88. The molecule has 6 heteroatoms. The third-order valence-electron chi connectivity index (χ3n) is 1.41. The minimum absolute atomic E-state index is 0.626. The van der Waals surface area contributed by atoms with Crippen LogP contribution in [0.15, 0.2) is 0 Å². The topological polar surface area (TPSA) is 39.2 Å². The summed E-state index contributed by atoms with van der Waals surface area (Å²) in [5.41, 5.74) is -0.708. The number of hydrogen-bond acceptors (Lipinski definition) is 3.